The summed E-state index contributed by atoms with van der Waals surface area (Å²) < 4.78 is 6.18. The van der Waals surface area contributed by atoms with Crippen molar-refractivity contribution in [3.8, 4) is 11.8 Å². The van der Waals surface area contributed by atoms with Gasteiger partial charge in [0.2, 0.25) is 5.13 Å². The lowest BCUT2D eigenvalue weighted by Gasteiger charge is -2.03. The summed E-state index contributed by atoms with van der Waals surface area (Å²) in [4.78, 5) is 12.3. The van der Waals surface area contributed by atoms with E-state index >= 15 is 0 Å². The average molecular weight is 389 g/mol. The van der Waals surface area contributed by atoms with Gasteiger partial charge in [0.05, 0.1) is 6.61 Å². The van der Waals surface area contributed by atoms with Crippen LogP contribution in [0.25, 0.3) is 6.08 Å². The second kappa shape index (κ2) is 10.6. The minimum atomic E-state index is -0.498. The van der Waals surface area contributed by atoms with E-state index in [0.29, 0.717) is 11.7 Å². The molecular formula is C18H20N4O2S2. The van der Waals surface area contributed by atoms with Crippen molar-refractivity contribution in [2.24, 2.45) is 0 Å². The lowest BCUT2D eigenvalue weighted by molar-refractivity contribution is -0.112. The average Bonchev–Trinajstić information content (AvgIpc) is 3.08. The Hall–Kier alpha value is -2.37. The SMILES string of the molecule is CCCCSc1nnc(NC(=O)/C(C#N)=C/c2ccc(OCC)cc2)s1. The number of unbranched alkanes of at least 4 members (excludes halogenated alkanes) is 1. The minimum absolute atomic E-state index is 0.00421. The molecule has 1 heterocycles. The Morgan fingerprint density at radius 2 is 2.12 bits per heavy atom. The van der Waals surface area contributed by atoms with Crippen LogP contribution in [0, 0.1) is 11.3 Å². The third-order valence-corrected chi connectivity index (χ3v) is 5.28. The molecule has 2 aromatic rings. The number of anilines is 1. The van der Waals surface area contributed by atoms with Crippen LogP contribution in [0.5, 0.6) is 5.75 Å². The fourth-order valence-corrected chi connectivity index (χ4v) is 3.83. The van der Waals surface area contributed by atoms with Crippen molar-refractivity contribution in [1.29, 1.82) is 5.26 Å². The van der Waals surface area contributed by atoms with Gasteiger partial charge in [-0.05, 0) is 37.1 Å². The second-order valence-corrected chi connectivity index (χ2v) is 7.52. The van der Waals surface area contributed by atoms with Gasteiger partial charge in [0.25, 0.3) is 5.91 Å². The topological polar surface area (TPSA) is 87.9 Å². The summed E-state index contributed by atoms with van der Waals surface area (Å²) in [5.74, 6) is 1.22. The summed E-state index contributed by atoms with van der Waals surface area (Å²) in [6.07, 6.45) is 3.76. The Labute approximate surface area is 161 Å². The Bertz CT molecular complexity index is 794. The maximum Gasteiger partial charge on any atom is 0.268 e. The first-order valence-electron chi connectivity index (χ1n) is 8.28. The van der Waals surface area contributed by atoms with E-state index in [1.165, 1.54) is 17.4 Å². The molecule has 1 N–H and O–H groups in total. The maximum atomic E-state index is 12.3. The largest absolute Gasteiger partial charge is 0.494 e. The van der Waals surface area contributed by atoms with Crippen LogP contribution in [0.1, 0.15) is 32.3 Å². The van der Waals surface area contributed by atoms with Crippen molar-refractivity contribution in [3.63, 3.8) is 0 Å². The summed E-state index contributed by atoms with van der Waals surface area (Å²) in [6.45, 7) is 4.63. The first-order chi connectivity index (χ1) is 12.7. The standard InChI is InChI=1S/C18H20N4O2S2/c1-3-5-10-25-18-22-21-17(26-18)20-16(23)14(12-19)11-13-6-8-15(9-7-13)24-4-2/h6-9,11H,3-5,10H2,1-2H3,(H,20,21,23)/b14-11+. The number of hydrogen-bond acceptors (Lipinski definition) is 7. The molecule has 0 radical (unpaired) electrons. The molecule has 0 aliphatic rings. The zero-order valence-electron chi connectivity index (χ0n) is 14.7. The van der Waals surface area contributed by atoms with E-state index in [9.17, 15) is 10.1 Å². The smallest absolute Gasteiger partial charge is 0.268 e. The number of carbonyl (C=O) groups is 1. The molecule has 26 heavy (non-hydrogen) atoms. The summed E-state index contributed by atoms with van der Waals surface area (Å²) in [7, 11) is 0. The second-order valence-electron chi connectivity index (χ2n) is 5.20. The van der Waals surface area contributed by atoms with E-state index in [1.807, 2.05) is 13.0 Å². The van der Waals surface area contributed by atoms with Crippen LogP contribution < -0.4 is 10.1 Å². The predicted octanol–water partition coefficient (Wildman–Crippen LogP) is 4.37. The van der Waals surface area contributed by atoms with Gasteiger partial charge in [0.1, 0.15) is 17.4 Å². The van der Waals surface area contributed by atoms with Gasteiger partial charge in [-0.15, -0.1) is 10.2 Å². The molecule has 0 atom stereocenters. The number of nitriles is 1. The van der Waals surface area contributed by atoms with Gasteiger partial charge in [0.15, 0.2) is 4.34 Å². The molecule has 0 spiro atoms. The van der Waals surface area contributed by atoms with Crippen LogP contribution >= 0.6 is 23.1 Å². The van der Waals surface area contributed by atoms with E-state index in [2.05, 4.69) is 22.4 Å². The van der Waals surface area contributed by atoms with E-state index < -0.39 is 5.91 Å². The Morgan fingerprint density at radius 3 is 2.77 bits per heavy atom. The molecule has 0 saturated carbocycles. The van der Waals surface area contributed by atoms with E-state index in [-0.39, 0.29) is 5.57 Å². The van der Waals surface area contributed by atoms with Crippen molar-refractivity contribution >= 4 is 40.2 Å². The lowest BCUT2D eigenvalue weighted by atomic mass is 10.1. The van der Waals surface area contributed by atoms with Gasteiger partial charge in [-0.1, -0.05) is 48.6 Å². The molecule has 6 nitrogen and oxygen atoms in total. The van der Waals surface area contributed by atoms with Crippen molar-refractivity contribution in [1.82, 2.24) is 10.2 Å². The molecule has 0 aliphatic carbocycles. The third kappa shape index (κ3) is 6.17. The number of benzene rings is 1. The van der Waals surface area contributed by atoms with Gasteiger partial charge < -0.3 is 4.74 Å². The number of rotatable bonds is 9. The van der Waals surface area contributed by atoms with Crippen molar-refractivity contribution < 1.29 is 9.53 Å². The summed E-state index contributed by atoms with van der Waals surface area (Å²) in [5.41, 5.74) is 0.748. The van der Waals surface area contributed by atoms with Crippen molar-refractivity contribution in [3.05, 3.63) is 35.4 Å². The van der Waals surface area contributed by atoms with Crippen LogP contribution in [-0.2, 0) is 4.79 Å². The van der Waals surface area contributed by atoms with Gasteiger partial charge in [0, 0.05) is 5.75 Å². The molecule has 1 aromatic carbocycles. The van der Waals surface area contributed by atoms with Crippen LogP contribution in [0.15, 0.2) is 34.2 Å². The van der Waals surface area contributed by atoms with Crippen molar-refractivity contribution in [2.75, 3.05) is 17.7 Å². The highest BCUT2D eigenvalue weighted by atomic mass is 32.2. The molecule has 1 aromatic heterocycles. The predicted molar refractivity (Wildman–Crippen MR) is 105 cm³/mol. The Kier molecular flexibility index (Phi) is 8.12. The summed E-state index contributed by atoms with van der Waals surface area (Å²) >= 11 is 2.93. The van der Waals surface area contributed by atoms with Gasteiger partial charge in [-0.3, -0.25) is 10.1 Å². The zero-order valence-corrected chi connectivity index (χ0v) is 16.3. The van der Waals surface area contributed by atoms with Crippen LogP contribution in [0.2, 0.25) is 0 Å². The Balaban J connectivity index is 2.00. The summed E-state index contributed by atoms with van der Waals surface area (Å²) in [5, 5.41) is 20.3. The van der Waals surface area contributed by atoms with Crippen LogP contribution in [-0.4, -0.2) is 28.5 Å². The normalized spacial score (nSPS) is 11.0. The Morgan fingerprint density at radius 1 is 1.35 bits per heavy atom. The number of hydrogen-bond donors (Lipinski definition) is 1. The zero-order chi connectivity index (χ0) is 18.8. The molecule has 136 valence electrons. The molecule has 0 fully saturated rings. The van der Waals surface area contributed by atoms with Gasteiger partial charge >= 0.3 is 0 Å². The number of amides is 1. The highest BCUT2D eigenvalue weighted by Crippen LogP contribution is 2.26. The highest BCUT2D eigenvalue weighted by Gasteiger charge is 2.13. The molecule has 2 rings (SSSR count). The monoisotopic (exact) mass is 388 g/mol. The van der Waals surface area contributed by atoms with Crippen molar-refractivity contribution in [2.45, 2.75) is 31.0 Å². The van der Waals surface area contributed by atoms with Gasteiger partial charge in [-0.25, -0.2) is 0 Å². The summed E-state index contributed by atoms with van der Waals surface area (Å²) in [6, 6.07) is 9.11. The quantitative estimate of drug-likeness (QED) is 0.226. The van der Waals surface area contributed by atoms with E-state index in [0.717, 1.165) is 34.2 Å². The molecule has 0 unspecified atom stereocenters. The number of carbonyl (C=O) groups excluding carboxylic acids is 1. The molecule has 0 aliphatic heterocycles. The first kappa shape index (κ1) is 19.9. The van der Waals surface area contributed by atoms with Crippen LogP contribution in [0.3, 0.4) is 0 Å². The molecule has 8 heteroatoms. The third-order valence-electron chi connectivity index (χ3n) is 3.22. The first-order valence-corrected chi connectivity index (χ1v) is 10.1. The number of thioether (sulfide) groups is 1. The lowest BCUT2D eigenvalue weighted by Crippen LogP contribution is -2.13. The fourth-order valence-electron chi connectivity index (χ4n) is 1.93. The highest BCUT2D eigenvalue weighted by molar-refractivity contribution is 8.01. The van der Waals surface area contributed by atoms with E-state index in [4.69, 9.17) is 4.74 Å². The minimum Gasteiger partial charge on any atom is -0.494 e. The number of nitrogens with one attached hydrogen (secondary N) is 1. The van der Waals surface area contributed by atoms with Gasteiger partial charge in [-0.2, -0.15) is 5.26 Å². The number of aromatic nitrogens is 2. The number of nitrogens with zero attached hydrogens (tertiary/aromatic N) is 3. The number of ether oxygens (including phenoxy) is 1. The fraction of sp³-hybridized carbons (Fsp3) is 0.333. The molecule has 0 bridgehead atoms. The molecule has 1 amide bonds. The van der Waals surface area contributed by atoms with E-state index in [1.54, 1.807) is 36.0 Å². The molecular weight excluding hydrogens is 368 g/mol. The maximum absolute atomic E-state index is 12.3. The van der Waals surface area contributed by atoms with Crippen LogP contribution in [0.4, 0.5) is 5.13 Å². The molecule has 0 saturated heterocycles.